The number of thioether (sulfide) groups is 1. The molecule has 6 nitrogen and oxygen atoms in total. The van der Waals surface area contributed by atoms with E-state index in [4.69, 9.17) is 11.6 Å². The zero-order chi connectivity index (χ0) is 17.8. The fourth-order valence-electron chi connectivity index (χ4n) is 2.71. The number of carbonyl (C=O) groups excluding carboxylic acids is 2. The van der Waals surface area contributed by atoms with Crippen LogP contribution < -0.4 is 0 Å². The van der Waals surface area contributed by atoms with Crippen LogP contribution in [-0.2, 0) is 9.59 Å². The molecule has 0 atom stereocenters. The molecule has 8 heteroatoms. The Hall–Kier alpha value is -1.99. The van der Waals surface area contributed by atoms with E-state index in [9.17, 15) is 9.59 Å². The molecule has 0 saturated carbocycles. The lowest BCUT2D eigenvalue weighted by molar-refractivity contribution is -0.136. The highest BCUT2D eigenvalue weighted by atomic mass is 35.5. The van der Waals surface area contributed by atoms with Gasteiger partial charge in [0.05, 0.1) is 5.75 Å². The molecule has 1 saturated heterocycles. The van der Waals surface area contributed by atoms with E-state index in [1.54, 1.807) is 22.9 Å². The number of rotatable bonds is 4. The summed E-state index contributed by atoms with van der Waals surface area (Å²) in [6, 6.07) is 7.50. The second-order valence-electron chi connectivity index (χ2n) is 5.74. The highest BCUT2D eigenvalue weighted by molar-refractivity contribution is 7.99. The summed E-state index contributed by atoms with van der Waals surface area (Å²) in [7, 11) is 0. The Balaban J connectivity index is 1.59. The lowest BCUT2D eigenvalue weighted by atomic mass is 10.3. The molecule has 1 aromatic heterocycles. The molecule has 1 aliphatic heterocycles. The van der Waals surface area contributed by atoms with Crippen molar-refractivity contribution >= 4 is 35.2 Å². The molecule has 0 unspecified atom stereocenters. The summed E-state index contributed by atoms with van der Waals surface area (Å²) < 4.78 is 1.91. The quantitative estimate of drug-likeness (QED) is 0.766. The van der Waals surface area contributed by atoms with Crippen LogP contribution in [0.15, 0.2) is 41.8 Å². The molecular formula is C17H19ClN4O2S. The Morgan fingerprint density at radius 2 is 1.92 bits per heavy atom. The molecular weight excluding hydrogens is 360 g/mol. The van der Waals surface area contributed by atoms with Crippen molar-refractivity contribution in [1.82, 2.24) is 19.4 Å². The Labute approximate surface area is 155 Å². The number of hydrogen-bond donors (Lipinski definition) is 0. The number of nitrogens with zero attached hydrogens (tertiary/aromatic N) is 4. The number of hydrogen-bond acceptors (Lipinski definition) is 4. The van der Waals surface area contributed by atoms with E-state index in [1.807, 2.05) is 35.0 Å². The fourth-order valence-corrected chi connectivity index (χ4v) is 3.77. The van der Waals surface area contributed by atoms with Gasteiger partial charge >= 0.3 is 0 Å². The average molecular weight is 379 g/mol. The average Bonchev–Trinajstić information content (AvgIpc) is 3.08. The van der Waals surface area contributed by atoms with Crippen molar-refractivity contribution in [2.45, 2.75) is 12.1 Å². The van der Waals surface area contributed by atoms with Gasteiger partial charge in [0, 0.05) is 56.2 Å². The van der Waals surface area contributed by atoms with Gasteiger partial charge in [-0.25, -0.2) is 4.98 Å². The maximum atomic E-state index is 12.4. The minimum atomic E-state index is 0.0602. The molecule has 2 heterocycles. The third-order valence-corrected chi connectivity index (χ3v) is 5.28. The van der Waals surface area contributed by atoms with Gasteiger partial charge in [-0.3, -0.25) is 14.2 Å². The van der Waals surface area contributed by atoms with Crippen molar-refractivity contribution in [3.05, 3.63) is 41.7 Å². The molecule has 2 amide bonds. The van der Waals surface area contributed by atoms with Crippen LogP contribution in [0.4, 0.5) is 0 Å². The predicted octanol–water partition coefficient (Wildman–Crippen LogP) is 2.31. The fraction of sp³-hybridized carbons (Fsp3) is 0.353. The second-order valence-corrected chi connectivity index (χ2v) is 7.11. The largest absolute Gasteiger partial charge is 0.339 e. The Morgan fingerprint density at radius 1 is 1.20 bits per heavy atom. The SMILES string of the molecule is CC(=O)N1CCN(C(=O)CSc2nccn2-c2cccc(Cl)c2)CC1. The van der Waals surface area contributed by atoms with Gasteiger partial charge in [0.25, 0.3) is 0 Å². The van der Waals surface area contributed by atoms with Crippen LogP contribution in [0.2, 0.25) is 5.02 Å². The van der Waals surface area contributed by atoms with Crippen LogP contribution in [0, 0.1) is 0 Å². The van der Waals surface area contributed by atoms with Gasteiger partial charge in [0.15, 0.2) is 5.16 Å². The minimum absolute atomic E-state index is 0.0602. The normalized spacial score (nSPS) is 14.6. The van der Waals surface area contributed by atoms with Crippen molar-refractivity contribution in [3.8, 4) is 5.69 Å². The van der Waals surface area contributed by atoms with E-state index >= 15 is 0 Å². The van der Waals surface area contributed by atoms with Crippen molar-refractivity contribution in [1.29, 1.82) is 0 Å². The van der Waals surface area contributed by atoms with E-state index < -0.39 is 0 Å². The lowest BCUT2D eigenvalue weighted by Crippen LogP contribution is -2.50. The third-order valence-electron chi connectivity index (χ3n) is 4.10. The van der Waals surface area contributed by atoms with Crippen LogP contribution in [0.1, 0.15) is 6.92 Å². The Morgan fingerprint density at radius 3 is 2.60 bits per heavy atom. The third kappa shape index (κ3) is 4.35. The molecule has 2 aromatic rings. The molecule has 132 valence electrons. The number of carbonyl (C=O) groups is 2. The van der Waals surface area contributed by atoms with E-state index in [2.05, 4.69) is 4.98 Å². The standard InChI is InChI=1S/C17H19ClN4O2S/c1-13(23)20-7-9-21(10-8-20)16(24)12-25-17-19-5-6-22(17)15-4-2-3-14(18)11-15/h2-6,11H,7-10,12H2,1H3. The molecule has 1 aromatic carbocycles. The number of imidazole rings is 1. The van der Waals surface area contributed by atoms with Gasteiger partial charge in [-0.1, -0.05) is 29.4 Å². The highest BCUT2D eigenvalue weighted by Gasteiger charge is 2.22. The zero-order valence-corrected chi connectivity index (χ0v) is 15.5. The van der Waals surface area contributed by atoms with Crippen LogP contribution in [0.5, 0.6) is 0 Å². The first-order valence-corrected chi connectivity index (χ1v) is 9.36. The van der Waals surface area contributed by atoms with E-state index in [0.717, 1.165) is 10.8 Å². The van der Waals surface area contributed by atoms with Crippen molar-refractivity contribution in [2.24, 2.45) is 0 Å². The van der Waals surface area contributed by atoms with E-state index in [-0.39, 0.29) is 11.8 Å². The van der Waals surface area contributed by atoms with Gasteiger partial charge in [0.2, 0.25) is 11.8 Å². The summed E-state index contributed by atoms with van der Waals surface area (Å²) in [6.45, 7) is 3.93. The maximum Gasteiger partial charge on any atom is 0.233 e. The molecule has 0 spiro atoms. The topological polar surface area (TPSA) is 58.4 Å². The number of amides is 2. The summed E-state index contributed by atoms with van der Waals surface area (Å²) in [5.41, 5.74) is 0.912. The molecule has 0 radical (unpaired) electrons. The Kier molecular flexibility index (Phi) is 5.65. The van der Waals surface area contributed by atoms with E-state index in [1.165, 1.54) is 11.8 Å². The zero-order valence-electron chi connectivity index (χ0n) is 13.9. The maximum absolute atomic E-state index is 12.4. The van der Waals surface area contributed by atoms with Crippen LogP contribution in [-0.4, -0.2) is 63.1 Å². The van der Waals surface area contributed by atoms with Crippen molar-refractivity contribution < 1.29 is 9.59 Å². The Bertz CT molecular complexity index is 772. The molecule has 1 fully saturated rings. The van der Waals surface area contributed by atoms with Gasteiger partial charge in [-0.2, -0.15) is 0 Å². The van der Waals surface area contributed by atoms with Crippen LogP contribution in [0.3, 0.4) is 0 Å². The van der Waals surface area contributed by atoms with E-state index in [0.29, 0.717) is 37.0 Å². The first-order valence-electron chi connectivity index (χ1n) is 8.00. The minimum Gasteiger partial charge on any atom is -0.339 e. The molecule has 1 aliphatic rings. The monoisotopic (exact) mass is 378 g/mol. The first-order chi connectivity index (χ1) is 12.0. The first kappa shape index (κ1) is 17.8. The summed E-state index contributed by atoms with van der Waals surface area (Å²) >= 11 is 7.45. The second kappa shape index (κ2) is 7.93. The number of benzene rings is 1. The molecule has 0 aliphatic carbocycles. The molecule has 3 rings (SSSR count). The molecule has 0 bridgehead atoms. The summed E-state index contributed by atoms with van der Waals surface area (Å²) in [4.78, 5) is 31.7. The number of piperazine rings is 1. The number of halogens is 1. The van der Waals surface area contributed by atoms with Gasteiger partial charge in [-0.05, 0) is 18.2 Å². The molecule has 25 heavy (non-hydrogen) atoms. The molecule has 0 N–H and O–H groups in total. The van der Waals surface area contributed by atoms with Crippen LogP contribution >= 0.6 is 23.4 Å². The van der Waals surface area contributed by atoms with Gasteiger partial charge in [-0.15, -0.1) is 0 Å². The lowest BCUT2D eigenvalue weighted by Gasteiger charge is -2.34. The number of aromatic nitrogens is 2. The summed E-state index contributed by atoms with van der Waals surface area (Å²) in [6.07, 6.45) is 3.56. The smallest absolute Gasteiger partial charge is 0.233 e. The summed E-state index contributed by atoms with van der Waals surface area (Å²) in [5.74, 6) is 0.441. The summed E-state index contributed by atoms with van der Waals surface area (Å²) in [5, 5.41) is 1.40. The van der Waals surface area contributed by atoms with Crippen molar-refractivity contribution in [3.63, 3.8) is 0 Å². The van der Waals surface area contributed by atoms with Gasteiger partial charge in [0.1, 0.15) is 0 Å². The predicted molar refractivity (Wildman–Crippen MR) is 98.1 cm³/mol. The van der Waals surface area contributed by atoms with Gasteiger partial charge < -0.3 is 9.80 Å². The van der Waals surface area contributed by atoms with Crippen molar-refractivity contribution in [2.75, 3.05) is 31.9 Å². The highest BCUT2D eigenvalue weighted by Crippen LogP contribution is 2.22. The van der Waals surface area contributed by atoms with Crippen LogP contribution in [0.25, 0.3) is 5.69 Å².